The van der Waals surface area contributed by atoms with Gasteiger partial charge in [0.25, 0.3) is 29.5 Å². The van der Waals surface area contributed by atoms with E-state index in [-0.39, 0.29) is 123 Å². The number of hydrogen-bond donors (Lipinski definition) is 9. The molecule has 0 saturated carbocycles. The molecular formula is C78H99ClN22O18S. The maximum atomic E-state index is 13.5. The minimum Gasteiger partial charge on any atom is -0.475 e. The smallest absolute Gasteiger partial charge is 0.291 e. The van der Waals surface area contributed by atoms with Crippen LogP contribution >= 0.6 is 22.9 Å². The molecule has 0 spiro atoms. The van der Waals surface area contributed by atoms with Crippen molar-refractivity contribution in [2.45, 2.75) is 52.5 Å². The Bertz CT molecular complexity index is 5010. The summed E-state index contributed by atoms with van der Waals surface area (Å²) in [6.45, 7) is 12.5. The number of thiophene rings is 1. The quantitative estimate of drug-likeness (QED) is 0.0236. The lowest BCUT2D eigenvalue weighted by atomic mass is 9.99. The number of nitrogens with one attached hydrogen (secondary N) is 9. The van der Waals surface area contributed by atoms with Gasteiger partial charge in [-0.2, -0.15) is 0 Å². The standard InChI is InChI=1S/C78H99ClN22O18S/c1-49-50(2)120-78-67(49)68(52-9-11-53(79)12-10-52)89-57(69-95-94-51(3)101(69)78)43-65(105)86-54-13-14-66(85-44-54)119-40-39-118-38-37-117-36-35-116-34-33-115-32-31-114-30-29-113-28-27-112-26-25-111-24-22-80-62(102)15-18-84-75(108)71-92-60(47-99(71)7)90-63(103)16-19-83-74(107)59-42-56(46-98(59)6)88-77(110)72-93-61(48-100(72)8)91-64(104)17-20-82-73(106)58-41-55(45-97(58)5)87-76(109)70-81-21-23-96(70)4/h9-14,21,23,41-42,44-48,57H,15-20,22,24-40,43H2,1-8H3,(H,80,102)(H,82,106)(H,83,107)(H,84,108)(H,86,105)(H,87,109)(H,88,110)(H,90,103)(H,91,104)/t57-/m0/s1. The lowest BCUT2D eigenvalue weighted by Crippen LogP contribution is -2.33. The molecule has 1 atom stereocenters. The van der Waals surface area contributed by atoms with E-state index in [4.69, 9.17) is 59.2 Å². The second-order valence-electron chi connectivity index (χ2n) is 27.1. The SMILES string of the molecule is Cc1sc2c(c1C)C(c1ccc(Cl)cc1)=N[C@@H](CC(=O)Nc1ccc(OCCOCCOCCOCCOCCOCCOCCOCCOCCNC(=O)CCNC(=O)c3nc(NC(=O)CCNC(=O)c4cc(NC(=O)c5nc(NC(=O)CCNC(=O)c6cc(NC(=O)c7nccn7C)cn6C)cn5C)cn4C)cn3C)nc1)c1nnc(C)n1-2. The van der Waals surface area contributed by atoms with E-state index in [1.807, 2.05) is 35.8 Å². The number of fused-ring (bicyclic) bond motifs is 3. The van der Waals surface area contributed by atoms with Gasteiger partial charge in [-0.3, -0.25) is 52.7 Å². The highest BCUT2D eigenvalue weighted by Crippen LogP contribution is 2.40. The van der Waals surface area contributed by atoms with E-state index in [0.29, 0.717) is 133 Å². The summed E-state index contributed by atoms with van der Waals surface area (Å²) in [6.07, 6.45) is 10.4. The molecule has 0 saturated heterocycles. The van der Waals surface area contributed by atoms with E-state index < -0.39 is 47.4 Å². The summed E-state index contributed by atoms with van der Waals surface area (Å²) in [5, 5.41) is 34.7. The number of amides is 9. The van der Waals surface area contributed by atoms with Crippen molar-refractivity contribution in [3.8, 4) is 10.9 Å². The van der Waals surface area contributed by atoms with E-state index in [2.05, 4.69) is 91.8 Å². The Morgan fingerprint density at radius 3 is 1.44 bits per heavy atom. The predicted octanol–water partition coefficient (Wildman–Crippen LogP) is 4.57. The molecule has 0 unspecified atom stereocenters. The number of anilines is 5. The molecule has 0 aliphatic carbocycles. The third kappa shape index (κ3) is 27.0. The zero-order valence-corrected chi connectivity index (χ0v) is 69.4. The van der Waals surface area contributed by atoms with Crippen molar-refractivity contribution in [2.75, 3.05) is 165 Å². The number of aryl methyl sites for hydroxylation is 7. The first-order chi connectivity index (χ1) is 58.0. The number of ether oxygens (including phenoxy) is 9. The number of imidazole rings is 3. The largest absolute Gasteiger partial charge is 0.475 e. The fourth-order valence-electron chi connectivity index (χ4n) is 11.9. The van der Waals surface area contributed by atoms with Crippen LogP contribution in [0.3, 0.4) is 0 Å². The zero-order valence-electron chi connectivity index (χ0n) is 67.9. The molecule has 42 heteroatoms. The molecular weight excluding hydrogens is 1600 g/mol. The molecule has 1 aromatic carbocycles. The number of benzene rings is 1. The van der Waals surface area contributed by atoms with Gasteiger partial charge in [0.15, 0.2) is 23.3 Å². The van der Waals surface area contributed by atoms with E-state index >= 15 is 0 Å². The van der Waals surface area contributed by atoms with E-state index in [0.717, 1.165) is 32.3 Å². The molecule has 0 fully saturated rings. The average molecular weight is 1700 g/mol. The minimum absolute atomic E-state index is 0.00762. The van der Waals surface area contributed by atoms with Gasteiger partial charge in [-0.05, 0) is 56.7 Å². The highest BCUT2D eigenvalue weighted by molar-refractivity contribution is 7.15. The van der Waals surface area contributed by atoms with Crippen molar-refractivity contribution >= 4 is 111 Å². The van der Waals surface area contributed by atoms with Crippen molar-refractivity contribution in [3.63, 3.8) is 0 Å². The number of rotatable bonds is 50. The molecule has 9 heterocycles. The summed E-state index contributed by atoms with van der Waals surface area (Å²) >= 11 is 7.90. The van der Waals surface area contributed by atoms with Gasteiger partial charge in [0.1, 0.15) is 34.9 Å². The lowest BCUT2D eigenvalue weighted by Gasteiger charge is -2.13. The van der Waals surface area contributed by atoms with Crippen LogP contribution in [-0.2, 0) is 92.3 Å². The number of aliphatic imine (C=N–C) groups is 1. The van der Waals surface area contributed by atoms with Crippen LogP contribution in [0.5, 0.6) is 5.88 Å². The van der Waals surface area contributed by atoms with Gasteiger partial charge in [-0.1, -0.05) is 23.7 Å². The van der Waals surface area contributed by atoms with Crippen LogP contribution in [0, 0.1) is 20.8 Å². The summed E-state index contributed by atoms with van der Waals surface area (Å²) in [7, 11) is 8.04. The Hall–Kier alpha value is -11.9. The Labute approximate surface area is 699 Å². The molecule has 642 valence electrons. The number of pyridine rings is 1. The van der Waals surface area contributed by atoms with Crippen LogP contribution in [0.2, 0.25) is 5.02 Å². The molecule has 0 radical (unpaired) electrons. The molecule has 8 aromatic heterocycles. The van der Waals surface area contributed by atoms with Crippen molar-refractivity contribution in [1.82, 2.24) is 78.8 Å². The first kappa shape index (κ1) is 90.4. The fraction of sp³-hybridized carbons (Fsp3) is 0.436. The van der Waals surface area contributed by atoms with Crippen LogP contribution in [0.1, 0.15) is 118 Å². The maximum Gasteiger partial charge on any atom is 0.291 e. The summed E-state index contributed by atoms with van der Waals surface area (Å²) in [4.78, 5) is 140. The summed E-state index contributed by atoms with van der Waals surface area (Å²) in [5.41, 5.74) is 5.31. The highest BCUT2D eigenvalue weighted by Gasteiger charge is 2.33. The molecule has 10 rings (SSSR count). The van der Waals surface area contributed by atoms with Gasteiger partial charge in [0, 0.05) is 145 Å². The molecule has 0 bridgehead atoms. The van der Waals surface area contributed by atoms with Crippen molar-refractivity contribution in [1.29, 1.82) is 0 Å². The molecule has 40 nitrogen and oxygen atoms in total. The van der Waals surface area contributed by atoms with Crippen LogP contribution in [-0.4, -0.2) is 255 Å². The molecule has 9 aromatic rings. The van der Waals surface area contributed by atoms with E-state index in [1.165, 1.54) is 61.4 Å². The number of aromatic nitrogens is 12. The first-order valence-electron chi connectivity index (χ1n) is 38.5. The monoisotopic (exact) mass is 1700 g/mol. The highest BCUT2D eigenvalue weighted by atomic mass is 35.5. The van der Waals surface area contributed by atoms with Crippen LogP contribution < -0.4 is 52.6 Å². The number of hydrogen-bond acceptors (Lipinski definition) is 26. The summed E-state index contributed by atoms with van der Waals surface area (Å²) in [6, 6.07) is 13.3. The maximum absolute atomic E-state index is 13.5. The fourth-order valence-corrected chi connectivity index (χ4v) is 13.3. The lowest BCUT2D eigenvalue weighted by molar-refractivity contribution is -0.121. The molecule has 9 N–H and O–H groups in total. The number of nitrogens with zero attached hydrogens (tertiary/aromatic N) is 13. The number of carbonyl (C=O) groups is 9. The third-order valence-electron chi connectivity index (χ3n) is 18.0. The van der Waals surface area contributed by atoms with Gasteiger partial charge in [-0.25, -0.2) is 19.9 Å². The van der Waals surface area contributed by atoms with E-state index in [9.17, 15) is 43.2 Å². The van der Waals surface area contributed by atoms with Crippen LogP contribution in [0.4, 0.5) is 28.7 Å². The third-order valence-corrected chi connectivity index (χ3v) is 19.5. The van der Waals surface area contributed by atoms with Crippen LogP contribution in [0.25, 0.3) is 5.00 Å². The molecule has 120 heavy (non-hydrogen) atoms. The zero-order chi connectivity index (χ0) is 85.5. The second-order valence-corrected chi connectivity index (χ2v) is 28.7. The molecule has 9 amide bonds. The average Bonchev–Trinajstić information content (AvgIpc) is 1.59. The summed E-state index contributed by atoms with van der Waals surface area (Å²) < 4.78 is 59.6. The normalized spacial score (nSPS) is 12.2. The number of carbonyl (C=O) groups excluding carboxylic acids is 9. The number of halogens is 1. The van der Waals surface area contributed by atoms with E-state index in [1.54, 1.807) is 75.7 Å². The topological polar surface area (TPSA) is 464 Å². The van der Waals surface area contributed by atoms with Crippen molar-refractivity contribution < 1.29 is 85.8 Å². The van der Waals surface area contributed by atoms with Gasteiger partial charge < -0.3 is 113 Å². The van der Waals surface area contributed by atoms with Crippen LogP contribution in [0.15, 0.2) is 96.9 Å². The first-order valence-corrected chi connectivity index (χ1v) is 39.7. The second kappa shape index (κ2) is 45.9. The summed E-state index contributed by atoms with van der Waals surface area (Å²) in [5.74, 6) is -2.24. The van der Waals surface area contributed by atoms with Gasteiger partial charge in [0.05, 0.1) is 141 Å². The Kier molecular flexibility index (Phi) is 34.5. The van der Waals surface area contributed by atoms with Gasteiger partial charge in [0.2, 0.25) is 41.2 Å². The Morgan fingerprint density at radius 1 is 0.458 bits per heavy atom. The molecule has 1 aliphatic heterocycles. The predicted molar refractivity (Wildman–Crippen MR) is 440 cm³/mol. The van der Waals surface area contributed by atoms with Gasteiger partial charge in [-0.15, -0.1) is 21.5 Å². The Balaban J connectivity index is 0.466. The molecule has 1 aliphatic rings. The Morgan fingerprint density at radius 2 is 0.942 bits per heavy atom. The van der Waals surface area contributed by atoms with Crippen molar-refractivity contribution in [2.24, 2.45) is 40.2 Å². The van der Waals surface area contributed by atoms with Gasteiger partial charge >= 0.3 is 0 Å². The van der Waals surface area contributed by atoms with Crippen molar-refractivity contribution in [3.05, 3.63) is 159 Å². The minimum atomic E-state index is -0.641.